The van der Waals surface area contributed by atoms with Gasteiger partial charge in [-0.15, -0.1) is 0 Å². The molecule has 3 nitrogen and oxygen atoms in total. The maximum atomic E-state index is 11.8. The Kier molecular flexibility index (Phi) is 3.36. The molecule has 1 aliphatic heterocycles. The highest BCUT2D eigenvalue weighted by atomic mass is 16.1. The Balaban J connectivity index is 2.23. The third kappa shape index (κ3) is 2.43. The molecule has 92 valence electrons. The van der Waals surface area contributed by atoms with Crippen LogP contribution in [-0.2, 0) is 10.2 Å². The molecule has 1 unspecified atom stereocenters. The van der Waals surface area contributed by atoms with E-state index in [2.05, 4.69) is 29.7 Å². The van der Waals surface area contributed by atoms with Gasteiger partial charge >= 0.3 is 0 Å². The third-order valence-electron chi connectivity index (χ3n) is 3.49. The molecule has 1 aromatic carbocycles. The average molecular weight is 232 g/mol. The summed E-state index contributed by atoms with van der Waals surface area (Å²) >= 11 is 0. The van der Waals surface area contributed by atoms with Gasteiger partial charge in [-0.05, 0) is 25.0 Å². The maximum Gasteiger partial charge on any atom is 0.220 e. The van der Waals surface area contributed by atoms with E-state index in [9.17, 15) is 4.79 Å². The highest BCUT2D eigenvalue weighted by molar-refractivity contribution is 5.78. The minimum atomic E-state index is -0.0406. The van der Waals surface area contributed by atoms with Gasteiger partial charge in [0.1, 0.15) is 0 Å². The molecule has 1 aromatic rings. The Morgan fingerprint density at radius 1 is 1.47 bits per heavy atom. The zero-order valence-electron chi connectivity index (χ0n) is 10.5. The van der Waals surface area contributed by atoms with Crippen molar-refractivity contribution < 1.29 is 4.79 Å². The van der Waals surface area contributed by atoms with E-state index in [1.165, 1.54) is 11.3 Å². The first-order valence-electron chi connectivity index (χ1n) is 6.26. The van der Waals surface area contributed by atoms with Crippen LogP contribution in [0, 0.1) is 0 Å². The van der Waals surface area contributed by atoms with Gasteiger partial charge in [0.15, 0.2) is 0 Å². The third-order valence-corrected chi connectivity index (χ3v) is 3.49. The van der Waals surface area contributed by atoms with Crippen molar-refractivity contribution in [3.63, 3.8) is 0 Å². The molecular weight excluding hydrogens is 212 g/mol. The first-order chi connectivity index (χ1) is 8.15. The maximum absolute atomic E-state index is 11.8. The largest absolute Gasteiger partial charge is 0.385 e. The number of benzene rings is 1. The zero-order valence-corrected chi connectivity index (χ0v) is 10.5. The number of fused-ring (bicyclic) bond motifs is 1. The molecular formula is C14H20N2O. The molecule has 0 radical (unpaired) electrons. The number of nitrogens with one attached hydrogen (secondary N) is 2. The normalized spacial score (nSPS) is 22.5. The Morgan fingerprint density at radius 2 is 2.24 bits per heavy atom. The number of amides is 1. The van der Waals surface area contributed by atoms with E-state index >= 15 is 0 Å². The van der Waals surface area contributed by atoms with Gasteiger partial charge < -0.3 is 10.6 Å². The molecule has 1 heterocycles. The minimum absolute atomic E-state index is 0.0406. The lowest BCUT2D eigenvalue weighted by molar-refractivity contribution is -0.122. The topological polar surface area (TPSA) is 41.1 Å². The summed E-state index contributed by atoms with van der Waals surface area (Å²) in [6.07, 6.45) is 1.57. The van der Waals surface area contributed by atoms with Crippen molar-refractivity contribution in [2.75, 3.05) is 18.4 Å². The number of carbonyl (C=O) groups excluding carboxylic acids is 1. The summed E-state index contributed by atoms with van der Waals surface area (Å²) in [5.41, 5.74) is 2.39. The van der Waals surface area contributed by atoms with Crippen LogP contribution in [0.4, 0.5) is 5.69 Å². The van der Waals surface area contributed by atoms with Crippen LogP contribution in [-0.4, -0.2) is 19.0 Å². The first-order valence-corrected chi connectivity index (χ1v) is 6.26. The van der Waals surface area contributed by atoms with E-state index in [1.807, 2.05) is 19.1 Å². The number of rotatable bonds is 3. The highest BCUT2D eigenvalue weighted by Crippen LogP contribution is 2.39. The molecule has 3 heteroatoms. The molecule has 1 atom stereocenters. The van der Waals surface area contributed by atoms with E-state index < -0.39 is 0 Å². The lowest BCUT2D eigenvalue weighted by Crippen LogP contribution is -2.37. The molecule has 2 N–H and O–H groups in total. The monoisotopic (exact) mass is 232 g/mol. The Morgan fingerprint density at radius 3 is 3.00 bits per heavy atom. The van der Waals surface area contributed by atoms with Gasteiger partial charge in [0, 0.05) is 30.6 Å². The van der Waals surface area contributed by atoms with E-state index in [4.69, 9.17) is 0 Å². The Labute approximate surface area is 103 Å². The van der Waals surface area contributed by atoms with Gasteiger partial charge in [-0.2, -0.15) is 0 Å². The summed E-state index contributed by atoms with van der Waals surface area (Å²) in [5.74, 6) is 0.145. The van der Waals surface area contributed by atoms with Crippen LogP contribution in [0.5, 0.6) is 0 Å². The standard InChI is InChI=1S/C14H20N2O/c1-3-15-13(17)10-14(2)8-9-16-12-7-5-4-6-11(12)14/h4-7,16H,3,8-10H2,1-2H3,(H,15,17). The van der Waals surface area contributed by atoms with E-state index in [0.29, 0.717) is 13.0 Å². The summed E-state index contributed by atoms with van der Waals surface area (Å²) in [7, 11) is 0. The second kappa shape index (κ2) is 4.78. The van der Waals surface area contributed by atoms with Crippen molar-refractivity contribution in [1.82, 2.24) is 5.32 Å². The Bertz CT molecular complexity index is 416. The van der Waals surface area contributed by atoms with Crippen LogP contribution < -0.4 is 10.6 Å². The summed E-state index contributed by atoms with van der Waals surface area (Å²) < 4.78 is 0. The molecule has 17 heavy (non-hydrogen) atoms. The predicted octanol–water partition coefficient (Wildman–Crippen LogP) is 2.29. The van der Waals surface area contributed by atoms with Gasteiger partial charge in [-0.1, -0.05) is 25.1 Å². The minimum Gasteiger partial charge on any atom is -0.385 e. The van der Waals surface area contributed by atoms with E-state index in [0.717, 1.165) is 13.0 Å². The molecule has 0 saturated heterocycles. The van der Waals surface area contributed by atoms with Gasteiger partial charge in [-0.25, -0.2) is 0 Å². The Hall–Kier alpha value is -1.51. The number of anilines is 1. The van der Waals surface area contributed by atoms with E-state index in [-0.39, 0.29) is 11.3 Å². The van der Waals surface area contributed by atoms with Gasteiger partial charge in [-0.3, -0.25) is 4.79 Å². The van der Waals surface area contributed by atoms with Crippen LogP contribution in [0.25, 0.3) is 0 Å². The summed E-state index contributed by atoms with van der Waals surface area (Å²) in [5, 5.41) is 6.28. The fourth-order valence-corrected chi connectivity index (χ4v) is 2.57. The van der Waals surface area contributed by atoms with E-state index in [1.54, 1.807) is 0 Å². The quantitative estimate of drug-likeness (QED) is 0.839. The summed E-state index contributed by atoms with van der Waals surface area (Å²) in [4.78, 5) is 11.8. The van der Waals surface area contributed by atoms with Crippen molar-refractivity contribution in [2.24, 2.45) is 0 Å². The van der Waals surface area contributed by atoms with Crippen molar-refractivity contribution in [2.45, 2.75) is 32.1 Å². The molecule has 2 rings (SSSR count). The number of para-hydroxylation sites is 1. The lowest BCUT2D eigenvalue weighted by atomic mass is 9.74. The zero-order chi connectivity index (χ0) is 12.3. The van der Waals surface area contributed by atoms with Gasteiger partial charge in [0.05, 0.1) is 0 Å². The van der Waals surface area contributed by atoms with Gasteiger partial charge in [0.2, 0.25) is 5.91 Å². The second-order valence-corrected chi connectivity index (χ2v) is 4.91. The van der Waals surface area contributed by atoms with Crippen LogP contribution in [0.15, 0.2) is 24.3 Å². The van der Waals surface area contributed by atoms with Crippen LogP contribution in [0.2, 0.25) is 0 Å². The average Bonchev–Trinajstić information content (AvgIpc) is 2.29. The lowest BCUT2D eigenvalue weighted by Gasteiger charge is -2.36. The van der Waals surface area contributed by atoms with Crippen molar-refractivity contribution in [3.8, 4) is 0 Å². The highest BCUT2D eigenvalue weighted by Gasteiger charge is 2.33. The molecule has 0 aliphatic carbocycles. The summed E-state index contributed by atoms with van der Waals surface area (Å²) in [6.45, 7) is 5.78. The molecule has 0 aromatic heterocycles. The molecule has 0 spiro atoms. The van der Waals surface area contributed by atoms with Crippen LogP contribution >= 0.6 is 0 Å². The van der Waals surface area contributed by atoms with Crippen molar-refractivity contribution in [1.29, 1.82) is 0 Å². The fraction of sp³-hybridized carbons (Fsp3) is 0.500. The van der Waals surface area contributed by atoms with Gasteiger partial charge in [0.25, 0.3) is 0 Å². The smallest absolute Gasteiger partial charge is 0.220 e. The SMILES string of the molecule is CCNC(=O)CC1(C)CCNc2ccccc21. The molecule has 1 amide bonds. The molecule has 0 bridgehead atoms. The predicted molar refractivity (Wildman–Crippen MR) is 70.2 cm³/mol. The first kappa shape index (κ1) is 12.0. The van der Waals surface area contributed by atoms with Crippen LogP contribution in [0.3, 0.4) is 0 Å². The molecule has 1 aliphatic rings. The number of hydrogen-bond donors (Lipinski definition) is 2. The van der Waals surface area contributed by atoms with Crippen molar-refractivity contribution in [3.05, 3.63) is 29.8 Å². The number of carbonyl (C=O) groups is 1. The summed E-state index contributed by atoms with van der Waals surface area (Å²) in [6, 6.07) is 8.29. The second-order valence-electron chi connectivity index (χ2n) is 4.91. The fourth-order valence-electron chi connectivity index (χ4n) is 2.57. The molecule has 0 fully saturated rings. The van der Waals surface area contributed by atoms with Crippen molar-refractivity contribution >= 4 is 11.6 Å². The number of hydrogen-bond acceptors (Lipinski definition) is 2. The molecule has 0 saturated carbocycles. The van der Waals surface area contributed by atoms with Crippen LogP contribution in [0.1, 0.15) is 32.3 Å².